The summed E-state index contributed by atoms with van der Waals surface area (Å²) < 4.78 is 0. The fraction of sp³-hybridized carbons (Fsp3) is 0.0652. The molecule has 0 aromatic heterocycles. The van der Waals surface area contributed by atoms with Crippen molar-refractivity contribution >= 4 is 10.8 Å². The zero-order valence-corrected chi connectivity index (χ0v) is 28.0. The van der Waals surface area contributed by atoms with E-state index in [2.05, 4.69) is 130 Å². The first-order valence-electron chi connectivity index (χ1n) is 15.7. The highest BCUT2D eigenvalue weighted by Crippen LogP contribution is 2.29. The molecule has 0 heterocycles. The highest BCUT2D eigenvalue weighted by Gasteiger charge is 2.04. The van der Waals surface area contributed by atoms with Gasteiger partial charge in [-0.05, 0) is 93.3 Å². The standard InChI is InChI=1S/C34H26N2.C12H13N/c1-3-25(23-35)5-7-27-9-13-29(14-10-27)31-17-19-34-22-32(18-20-33(34)21-31)30-15-11-28(12-16-30)8-6-26(4-2)24-36;1-5-7-10(3)11(4)8-12(6-2)9-13/h3-6,9-22H,1-2,7-8H2;5-8H,2-4H2,1H3/b25-5+,26-6+;7-5-,12-8+. The highest BCUT2D eigenvalue weighted by molar-refractivity contribution is 5.90. The minimum atomic E-state index is 0.496. The summed E-state index contributed by atoms with van der Waals surface area (Å²) in [5, 5.41) is 29.1. The van der Waals surface area contributed by atoms with Gasteiger partial charge in [0.1, 0.15) is 0 Å². The van der Waals surface area contributed by atoms with Crippen molar-refractivity contribution in [2.45, 2.75) is 19.8 Å². The Balaban J connectivity index is 0.000000425. The Bertz CT molecular complexity index is 1990. The summed E-state index contributed by atoms with van der Waals surface area (Å²) >= 11 is 0. The molecule has 4 aromatic carbocycles. The molecule has 0 radical (unpaired) electrons. The van der Waals surface area contributed by atoms with Crippen LogP contribution in [0.4, 0.5) is 0 Å². The lowest BCUT2D eigenvalue weighted by Crippen LogP contribution is -1.86. The molecule has 3 heteroatoms. The van der Waals surface area contributed by atoms with Crippen LogP contribution in [0, 0.1) is 34.0 Å². The molecule has 0 amide bonds. The van der Waals surface area contributed by atoms with Crippen molar-refractivity contribution in [3.63, 3.8) is 0 Å². The lowest BCUT2D eigenvalue weighted by atomic mass is 9.96. The van der Waals surface area contributed by atoms with Gasteiger partial charge in [-0.25, -0.2) is 0 Å². The van der Waals surface area contributed by atoms with Crippen molar-refractivity contribution in [3.05, 3.63) is 205 Å². The van der Waals surface area contributed by atoms with E-state index in [-0.39, 0.29) is 0 Å². The van der Waals surface area contributed by atoms with Crippen molar-refractivity contribution in [1.82, 2.24) is 0 Å². The predicted molar refractivity (Wildman–Crippen MR) is 207 cm³/mol. The van der Waals surface area contributed by atoms with Crippen LogP contribution in [0.3, 0.4) is 0 Å². The first-order valence-corrected chi connectivity index (χ1v) is 15.7. The van der Waals surface area contributed by atoms with E-state index < -0.39 is 0 Å². The molecular weight excluding hydrogens is 595 g/mol. The van der Waals surface area contributed by atoms with Crippen molar-refractivity contribution < 1.29 is 0 Å². The second-order valence-corrected chi connectivity index (χ2v) is 11.0. The number of nitriles is 3. The van der Waals surface area contributed by atoms with E-state index in [0.717, 1.165) is 22.3 Å². The number of hydrogen-bond acceptors (Lipinski definition) is 3. The van der Waals surface area contributed by atoms with Gasteiger partial charge in [0.15, 0.2) is 0 Å². The molecule has 3 nitrogen and oxygen atoms in total. The minimum Gasteiger partial charge on any atom is -0.192 e. The molecule has 0 aliphatic carbocycles. The molecule has 4 aromatic rings. The lowest BCUT2D eigenvalue weighted by molar-refractivity contribution is 1.26. The van der Waals surface area contributed by atoms with Crippen molar-refractivity contribution in [3.8, 4) is 40.5 Å². The Morgan fingerprint density at radius 3 is 1.29 bits per heavy atom. The van der Waals surface area contributed by atoms with Gasteiger partial charge in [-0.3, -0.25) is 0 Å². The van der Waals surface area contributed by atoms with E-state index >= 15 is 0 Å². The number of fused-ring (bicyclic) bond motifs is 1. The molecule has 0 fully saturated rings. The largest absolute Gasteiger partial charge is 0.192 e. The van der Waals surface area contributed by atoms with Gasteiger partial charge in [-0.1, -0.05) is 148 Å². The third-order valence-electron chi connectivity index (χ3n) is 7.69. The van der Waals surface area contributed by atoms with Crippen molar-refractivity contribution in [2.75, 3.05) is 0 Å². The van der Waals surface area contributed by atoms with Crippen LogP contribution in [0.5, 0.6) is 0 Å². The molecule has 0 bridgehead atoms. The zero-order valence-electron chi connectivity index (χ0n) is 28.0. The van der Waals surface area contributed by atoms with E-state index in [0.29, 0.717) is 29.6 Å². The smallest absolute Gasteiger partial charge is 0.0991 e. The summed E-state index contributed by atoms with van der Waals surface area (Å²) in [6.45, 7) is 20.3. The van der Waals surface area contributed by atoms with Gasteiger partial charge in [-0.15, -0.1) is 0 Å². The maximum atomic E-state index is 9.03. The van der Waals surface area contributed by atoms with E-state index in [1.807, 2.05) is 37.3 Å². The van der Waals surface area contributed by atoms with Crippen LogP contribution >= 0.6 is 0 Å². The molecule has 4 rings (SSSR count). The number of nitrogens with zero attached hydrogens (tertiary/aromatic N) is 3. The molecule has 0 saturated carbocycles. The summed E-state index contributed by atoms with van der Waals surface area (Å²) in [5.74, 6) is 0. The van der Waals surface area contributed by atoms with Gasteiger partial charge in [0.05, 0.1) is 23.8 Å². The highest BCUT2D eigenvalue weighted by atomic mass is 14.2. The third-order valence-corrected chi connectivity index (χ3v) is 7.69. The fourth-order valence-corrected chi connectivity index (χ4v) is 4.80. The van der Waals surface area contributed by atoms with Crippen LogP contribution in [0.25, 0.3) is 33.0 Å². The molecular formula is C46H39N3. The maximum absolute atomic E-state index is 9.03. The van der Waals surface area contributed by atoms with Crippen molar-refractivity contribution in [2.24, 2.45) is 0 Å². The van der Waals surface area contributed by atoms with Gasteiger partial charge in [0, 0.05) is 11.1 Å². The molecule has 0 atom stereocenters. The van der Waals surface area contributed by atoms with Crippen LogP contribution in [0.1, 0.15) is 18.1 Å². The zero-order chi connectivity index (χ0) is 35.6. The fourth-order valence-electron chi connectivity index (χ4n) is 4.80. The normalized spacial score (nSPS) is 11.3. The molecule has 0 aliphatic heterocycles. The predicted octanol–water partition coefficient (Wildman–Crippen LogP) is 11.8. The van der Waals surface area contributed by atoms with Gasteiger partial charge in [0.25, 0.3) is 0 Å². The van der Waals surface area contributed by atoms with Gasteiger partial charge >= 0.3 is 0 Å². The number of benzene rings is 4. The van der Waals surface area contributed by atoms with E-state index in [1.54, 1.807) is 18.2 Å². The Morgan fingerprint density at radius 1 is 0.551 bits per heavy atom. The topological polar surface area (TPSA) is 71.4 Å². The summed E-state index contributed by atoms with van der Waals surface area (Å²) in [5.41, 5.74) is 10.2. The third kappa shape index (κ3) is 10.9. The molecule has 0 aliphatic rings. The van der Waals surface area contributed by atoms with Gasteiger partial charge in [-0.2, -0.15) is 15.8 Å². The average Bonchev–Trinajstić information content (AvgIpc) is 3.15. The van der Waals surface area contributed by atoms with Gasteiger partial charge < -0.3 is 0 Å². The monoisotopic (exact) mass is 633 g/mol. The summed E-state index contributed by atoms with van der Waals surface area (Å²) in [6.07, 6.45) is 15.3. The van der Waals surface area contributed by atoms with E-state index in [1.165, 1.54) is 39.1 Å². The molecule has 0 saturated heterocycles. The van der Waals surface area contributed by atoms with Crippen LogP contribution in [-0.4, -0.2) is 0 Å². The number of rotatable bonds is 12. The van der Waals surface area contributed by atoms with E-state index in [4.69, 9.17) is 15.8 Å². The summed E-state index contributed by atoms with van der Waals surface area (Å²) in [6, 6.07) is 36.3. The van der Waals surface area contributed by atoms with E-state index in [9.17, 15) is 0 Å². The average molecular weight is 634 g/mol. The minimum absolute atomic E-state index is 0.496. The van der Waals surface area contributed by atoms with Crippen molar-refractivity contribution in [1.29, 1.82) is 15.8 Å². The second kappa shape index (κ2) is 19.1. The van der Waals surface area contributed by atoms with Crippen LogP contribution in [0.2, 0.25) is 0 Å². The van der Waals surface area contributed by atoms with Gasteiger partial charge in [0.2, 0.25) is 0 Å². The van der Waals surface area contributed by atoms with Crippen LogP contribution in [0.15, 0.2) is 194 Å². The first kappa shape index (κ1) is 36.7. The maximum Gasteiger partial charge on any atom is 0.0991 e. The summed E-state index contributed by atoms with van der Waals surface area (Å²) in [7, 11) is 0. The SMILES string of the molecule is C=C/C(C#N)=C\C(=C)C(=C)/C=C\C.C=C/C(C#N)=C\Cc1ccc(-c2ccc3cc(-c4ccc(C/C=C(/C#N)C=C)cc4)ccc3c2)cc1. The van der Waals surface area contributed by atoms with Crippen LogP contribution < -0.4 is 0 Å². The second-order valence-electron chi connectivity index (χ2n) is 11.0. The molecule has 49 heavy (non-hydrogen) atoms. The Morgan fingerprint density at radius 2 is 0.939 bits per heavy atom. The molecule has 0 spiro atoms. The Hall–Kier alpha value is -6.73. The summed E-state index contributed by atoms with van der Waals surface area (Å²) in [4.78, 5) is 0. The molecule has 0 unspecified atom stereocenters. The number of hydrogen-bond donors (Lipinski definition) is 0. The van der Waals surface area contributed by atoms with Crippen LogP contribution in [-0.2, 0) is 12.8 Å². The number of allylic oxidation sites excluding steroid dienone is 13. The first-order chi connectivity index (χ1) is 23.8. The lowest BCUT2D eigenvalue weighted by Gasteiger charge is -2.08. The Kier molecular flexibility index (Phi) is 14.3. The quantitative estimate of drug-likeness (QED) is 0.115. The molecule has 0 N–H and O–H groups in total. The Labute approximate surface area is 291 Å². The molecule has 238 valence electrons.